The molecule has 3 atom stereocenters. The number of carboxylic acid groups (broad SMARTS) is 1. The van der Waals surface area contributed by atoms with Gasteiger partial charge in [-0.3, -0.25) is 14.6 Å². The number of nitrogens with zero attached hydrogens (tertiary/aromatic N) is 1. The average molecular weight is 282 g/mol. The molecule has 1 amide bonds. The highest BCUT2D eigenvalue weighted by Crippen LogP contribution is 2.38. The van der Waals surface area contributed by atoms with Gasteiger partial charge in [0.2, 0.25) is 5.91 Å². The molecule has 1 fully saturated rings. The number of hydrogen-bond donors (Lipinski definition) is 2. The Bertz CT molecular complexity index is 447. The molecule has 1 heterocycles. The lowest BCUT2D eigenvalue weighted by Gasteiger charge is -2.14. The summed E-state index contributed by atoms with van der Waals surface area (Å²) < 4.78 is 0. The van der Waals surface area contributed by atoms with Gasteiger partial charge in [0.15, 0.2) is 0 Å². The molecule has 1 aliphatic carbocycles. The average Bonchev–Trinajstić information content (AvgIpc) is 3.04. The molecule has 0 bridgehead atoms. The molecule has 0 spiro atoms. The van der Waals surface area contributed by atoms with Gasteiger partial charge in [-0.05, 0) is 18.8 Å². The molecule has 0 aromatic carbocycles. The van der Waals surface area contributed by atoms with Crippen LogP contribution in [0.3, 0.4) is 0 Å². The lowest BCUT2D eigenvalue weighted by atomic mass is 9.95. The van der Waals surface area contributed by atoms with Gasteiger partial charge >= 0.3 is 5.97 Å². The number of aromatic nitrogens is 1. The van der Waals surface area contributed by atoms with Gasteiger partial charge < -0.3 is 10.4 Å². The summed E-state index contributed by atoms with van der Waals surface area (Å²) in [6.45, 7) is 2.48. The van der Waals surface area contributed by atoms with E-state index in [2.05, 4.69) is 10.3 Å². The second-order valence-electron chi connectivity index (χ2n) is 4.98. The molecule has 1 aliphatic rings. The van der Waals surface area contributed by atoms with Gasteiger partial charge in [0.25, 0.3) is 0 Å². The molecular formula is C13H18N2O3S. The van der Waals surface area contributed by atoms with Gasteiger partial charge in [-0.15, -0.1) is 11.3 Å². The van der Waals surface area contributed by atoms with Crippen LogP contribution < -0.4 is 5.32 Å². The minimum atomic E-state index is -0.853. The first kappa shape index (κ1) is 14.0. The van der Waals surface area contributed by atoms with Crippen molar-refractivity contribution in [2.75, 3.05) is 0 Å². The van der Waals surface area contributed by atoms with Crippen molar-refractivity contribution in [1.82, 2.24) is 10.3 Å². The van der Waals surface area contributed by atoms with Crippen molar-refractivity contribution in [3.63, 3.8) is 0 Å². The number of thiazole rings is 1. The Morgan fingerprint density at radius 3 is 2.79 bits per heavy atom. The van der Waals surface area contributed by atoms with Crippen LogP contribution in [0.4, 0.5) is 0 Å². The SMILES string of the molecule is CCC1C[C@H](C(=O)NCc2cncs2)[C@H](C(=O)O)C1. The molecule has 104 valence electrons. The number of carbonyl (C=O) groups excluding carboxylic acids is 1. The molecule has 1 unspecified atom stereocenters. The monoisotopic (exact) mass is 282 g/mol. The quantitative estimate of drug-likeness (QED) is 0.864. The molecule has 1 aromatic heterocycles. The fourth-order valence-corrected chi connectivity index (χ4v) is 3.21. The first-order chi connectivity index (χ1) is 9.11. The topological polar surface area (TPSA) is 79.3 Å². The third-order valence-electron chi connectivity index (χ3n) is 3.81. The molecular weight excluding hydrogens is 264 g/mol. The van der Waals surface area contributed by atoms with Crippen molar-refractivity contribution in [3.8, 4) is 0 Å². The Morgan fingerprint density at radius 1 is 1.47 bits per heavy atom. The van der Waals surface area contributed by atoms with Gasteiger partial charge in [-0.25, -0.2) is 0 Å². The predicted molar refractivity (Wildman–Crippen MR) is 71.6 cm³/mol. The van der Waals surface area contributed by atoms with Crippen LogP contribution in [0, 0.1) is 17.8 Å². The fourth-order valence-electron chi connectivity index (χ4n) is 2.67. The second-order valence-corrected chi connectivity index (χ2v) is 5.95. The zero-order valence-corrected chi connectivity index (χ0v) is 11.7. The fraction of sp³-hybridized carbons (Fsp3) is 0.615. The highest BCUT2D eigenvalue weighted by atomic mass is 32.1. The molecule has 19 heavy (non-hydrogen) atoms. The van der Waals surface area contributed by atoms with E-state index in [9.17, 15) is 14.7 Å². The van der Waals surface area contributed by atoms with Crippen LogP contribution in [0.5, 0.6) is 0 Å². The van der Waals surface area contributed by atoms with E-state index in [1.54, 1.807) is 11.7 Å². The minimum absolute atomic E-state index is 0.142. The van der Waals surface area contributed by atoms with Crippen LogP contribution in [0.1, 0.15) is 31.1 Å². The summed E-state index contributed by atoms with van der Waals surface area (Å²) >= 11 is 1.48. The molecule has 1 aromatic rings. The van der Waals surface area contributed by atoms with Crippen LogP contribution in [0.15, 0.2) is 11.7 Å². The molecule has 5 nitrogen and oxygen atoms in total. The maximum absolute atomic E-state index is 12.1. The summed E-state index contributed by atoms with van der Waals surface area (Å²) in [6.07, 6.45) is 3.94. The van der Waals surface area contributed by atoms with E-state index >= 15 is 0 Å². The first-order valence-electron chi connectivity index (χ1n) is 6.49. The molecule has 0 radical (unpaired) electrons. The summed E-state index contributed by atoms with van der Waals surface area (Å²) in [4.78, 5) is 28.3. The van der Waals surface area contributed by atoms with Crippen molar-refractivity contribution in [2.24, 2.45) is 17.8 Å². The zero-order chi connectivity index (χ0) is 13.8. The Morgan fingerprint density at radius 2 is 2.21 bits per heavy atom. The highest BCUT2D eigenvalue weighted by molar-refractivity contribution is 7.09. The summed E-state index contributed by atoms with van der Waals surface area (Å²) in [5.41, 5.74) is 1.71. The third-order valence-corrected chi connectivity index (χ3v) is 4.59. The minimum Gasteiger partial charge on any atom is -0.481 e. The van der Waals surface area contributed by atoms with E-state index in [4.69, 9.17) is 0 Å². The Labute approximate surface area is 116 Å². The molecule has 6 heteroatoms. The lowest BCUT2D eigenvalue weighted by molar-refractivity contribution is -0.146. The zero-order valence-electron chi connectivity index (χ0n) is 10.8. The van der Waals surface area contributed by atoms with Crippen LogP contribution in [0.2, 0.25) is 0 Å². The van der Waals surface area contributed by atoms with Crippen LogP contribution in [-0.2, 0) is 16.1 Å². The van der Waals surface area contributed by atoms with E-state index in [-0.39, 0.29) is 5.91 Å². The van der Waals surface area contributed by atoms with Crippen molar-refractivity contribution < 1.29 is 14.7 Å². The third kappa shape index (κ3) is 3.32. The van der Waals surface area contributed by atoms with Gasteiger partial charge in [0.05, 0.1) is 23.9 Å². The van der Waals surface area contributed by atoms with Gasteiger partial charge in [-0.1, -0.05) is 13.3 Å². The van der Waals surface area contributed by atoms with Crippen molar-refractivity contribution >= 4 is 23.2 Å². The van der Waals surface area contributed by atoms with Crippen molar-refractivity contribution in [2.45, 2.75) is 32.7 Å². The molecule has 0 aliphatic heterocycles. The number of aliphatic carboxylic acids is 1. The molecule has 2 N–H and O–H groups in total. The summed E-state index contributed by atoms with van der Waals surface area (Å²) in [7, 11) is 0. The predicted octanol–water partition coefficient (Wildman–Crippen LogP) is 1.90. The van der Waals surface area contributed by atoms with E-state index in [0.29, 0.717) is 25.3 Å². The normalized spacial score (nSPS) is 26.3. The maximum Gasteiger partial charge on any atom is 0.307 e. The summed E-state index contributed by atoms with van der Waals surface area (Å²) in [5, 5.41) is 12.0. The Balaban J connectivity index is 1.94. The van der Waals surface area contributed by atoms with Crippen molar-refractivity contribution in [3.05, 3.63) is 16.6 Å². The van der Waals surface area contributed by atoms with Gasteiger partial charge in [-0.2, -0.15) is 0 Å². The number of nitrogens with one attached hydrogen (secondary N) is 1. The van der Waals surface area contributed by atoms with Gasteiger partial charge in [0.1, 0.15) is 0 Å². The standard InChI is InChI=1S/C13H18N2O3S/c1-2-8-3-10(11(4-8)13(17)18)12(16)15-6-9-5-14-7-19-9/h5,7-8,10-11H,2-4,6H2,1H3,(H,15,16)(H,17,18)/t8?,10-,11+/m0/s1. The number of carbonyl (C=O) groups is 2. The lowest BCUT2D eigenvalue weighted by Crippen LogP contribution is -2.34. The van der Waals surface area contributed by atoms with E-state index in [1.807, 2.05) is 6.92 Å². The molecule has 0 saturated heterocycles. The first-order valence-corrected chi connectivity index (χ1v) is 7.37. The van der Waals surface area contributed by atoms with Crippen LogP contribution >= 0.6 is 11.3 Å². The number of carboxylic acids is 1. The van der Waals surface area contributed by atoms with E-state index in [1.165, 1.54) is 11.3 Å². The largest absolute Gasteiger partial charge is 0.481 e. The highest BCUT2D eigenvalue weighted by Gasteiger charge is 2.41. The summed E-state index contributed by atoms with van der Waals surface area (Å²) in [6, 6.07) is 0. The van der Waals surface area contributed by atoms with Gasteiger partial charge in [0, 0.05) is 11.1 Å². The van der Waals surface area contributed by atoms with Crippen LogP contribution in [-0.4, -0.2) is 22.0 Å². The molecule has 1 saturated carbocycles. The van der Waals surface area contributed by atoms with Crippen LogP contribution in [0.25, 0.3) is 0 Å². The van der Waals surface area contributed by atoms with Crippen molar-refractivity contribution in [1.29, 1.82) is 0 Å². The number of amides is 1. The van der Waals surface area contributed by atoms with E-state index < -0.39 is 17.8 Å². The molecule has 2 rings (SSSR count). The Hall–Kier alpha value is -1.43. The second kappa shape index (κ2) is 6.14. The van der Waals surface area contributed by atoms with E-state index in [0.717, 1.165) is 11.3 Å². The number of rotatable bonds is 5. The maximum atomic E-state index is 12.1. The summed E-state index contributed by atoms with van der Waals surface area (Å²) in [5.74, 6) is -1.58. The Kier molecular flexibility index (Phi) is 4.52. The smallest absolute Gasteiger partial charge is 0.307 e. The number of hydrogen-bond acceptors (Lipinski definition) is 4.